The van der Waals surface area contributed by atoms with Crippen molar-refractivity contribution in [3.63, 3.8) is 0 Å². The van der Waals surface area contributed by atoms with E-state index in [1.165, 1.54) is 16.7 Å². The SMILES string of the molecule is CCN=c1scc(C(F)F)n1CC. The van der Waals surface area contributed by atoms with Gasteiger partial charge in [-0.25, -0.2) is 8.78 Å². The summed E-state index contributed by atoms with van der Waals surface area (Å²) in [5, 5.41) is 1.47. The number of thiazole rings is 1. The summed E-state index contributed by atoms with van der Waals surface area (Å²) in [6, 6.07) is 0. The number of hydrogen-bond donors (Lipinski definition) is 0. The predicted octanol–water partition coefficient (Wildman–Crippen LogP) is 2.43. The van der Waals surface area contributed by atoms with Crippen LogP contribution in [0.5, 0.6) is 0 Å². The quantitative estimate of drug-likeness (QED) is 0.722. The standard InChI is InChI=1S/C8H12F2N2S/c1-3-11-8-12(4-2)6(5-13-8)7(9)10/h5,7H,3-4H2,1-2H3. The Labute approximate surface area is 79.6 Å². The summed E-state index contributed by atoms with van der Waals surface area (Å²) in [5.41, 5.74) is 0.0692. The zero-order chi connectivity index (χ0) is 9.84. The van der Waals surface area contributed by atoms with Crippen LogP contribution in [0, 0.1) is 0 Å². The van der Waals surface area contributed by atoms with E-state index in [2.05, 4.69) is 4.99 Å². The summed E-state index contributed by atoms with van der Waals surface area (Å²) in [7, 11) is 0. The largest absolute Gasteiger partial charge is 0.316 e. The summed E-state index contributed by atoms with van der Waals surface area (Å²) in [5.74, 6) is 0. The van der Waals surface area contributed by atoms with Gasteiger partial charge in [0.15, 0.2) is 4.80 Å². The van der Waals surface area contributed by atoms with E-state index in [0.29, 0.717) is 17.9 Å². The first-order chi connectivity index (χ1) is 6.20. The van der Waals surface area contributed by atoms with Crippen LogP contribution in [0.1, 0.15) is 26.0 Å². The Morgan fingerprint density at radius 1 is 1.54 bits per heavy atom. The average Bonchev–Trinajstić information content (AvgIpc) is 2.48. The molecule has 0 saturated carbocycles. The molecule has 1 aromatic heterocycles. The molecular weight excluding hydrogens is 194 g/mol. The lowest BCUT2D eigenvalue weighted by Crippen LogP contribution is -2.16. The molecule has 0 amide bonds. The summed E-state index contributed by atoms with van der Waals surface area (Å²) >= 11 is 1.27. The van der Waals surface area contributed by atoms with E-state index in [4.69, 9.17) is 0 Å². The van der Waals surface area contributed by atoms with Crippen LogP contribution in [-0.4, -0.2) is 11.1 Å². The Morgan fingerprint density at radius 2 is 2.23 bits per heavy atom. The van der Waals surface area contributed by atoms with Crippen LogP contribution < -0.4 is 4.80 Å². The maximum absolute atomic E-state index is 12.4. The van der Waals surface area contributed by atoms with E-state index in [1.807, 2.05) is 13.8 Å². The molecule has 0 aliphatic carbocycles. The van der Waals surface area contributed by atoms with Crippen molar-refractivity contribution in [1.29, 1.82) is 0 Å². The molecule has 1 rings (SSSR count). The smallest absolute Gasteiger partial charge is 0.279 e. The Morgan fingerprint density at radius 3 is 2.69 bits per heavy atom. The zero-order valence-electron chi connectivity index (χ0n) is 7.63. The first-order valence-corrected chi connectivity index (χ1v) is 5.05. The first-order valence-electron chi connectivity index (χ1n) is 4.17. The van der Waals surface area contributed by atoms with Crippen molar-refractivity contribution < 1.29 is 8.78 Å². The number of aromatic nitrogens is 1. The van der Waals surface area contributed by atoms with Crippen molar-refractivity contribution in [2.24, 2.45) is 4.99 Å². The molecule has 0 saturated heterocycles. The molecule has 0 bridgehead atoms. The molecule has 0 aliphatic rings. The van der Waals surface area contributed by atoms with Crippen LogP contribution in [0.15, 0.2) is 10.4 Å². The van der Waals surface area contributed by atoms with Gasteiger partial charge in [0.2, 0.25) is 0 Å². The van der Waals surface area contributed by atoms with Gasteiger partial charge in [0.05, 0.1) is 5.69 Å². The molecule has 0 spiro atoms. The lowest BCUT2D eigenvalue weighted by Gasteiger charge is -2.03. The van der Waals surface area contributed by atoms with E-state index >= 15 is 0 Å². The van der Waals surface area contributed by atoms with Gasteiger partial charge in [-0.05, 0) is 13.8 Å². The highest BCUT2D eigenvalue weighted by molar-refractivity contribution is 7.07. The average molecular weight is 206 g/mol. The minimum atomic E-state index is -2.41. The summed E-state index contributed by atoms with van der Waals surface area (Å²) < 4.78 is 26.4. The molecule has 2 nitrogen and oxygen atoms in total. The molecule has 0 fully saturated rings. The fourth-order valence-electron chi connectivity index (χ4n) is 1.10. The van der Waals surface area contributed by atoms with E-state index in [-0.39, 0.29) is 5.69 Å². The van der Waals surface area contributed by atoms with Crippen LogP contribution in [0.3, 0.4) is 0 Å². The number of rotatable bonds is 3. The molecule has 1 aromatic rings. The predicted molar refractivity (Wildman–Crippen MR) is 49.0 cm³/mol. The fourth-order valence-corrected chi connectivity index (χ4v) is 2.12. The third-order valence-corrected chi connectivity index (χ3v) is 2.58. The van der Waals surface area contributed by atoms with Crippen molar-refractivity contribution in [3.05, 3.63) is 15.9 Å². The molecule has 13 heavy (non-hydrogen) atoms. The van der Waals surface area contributed by atoms with Gasteiger partial charge in [-0.3, -0.25) is 4.99 Å². The molecule has 74 valence electrons. The molecule has 1 heterocycles. The van der Waals surface area contributed by atoms with Gasteiger partial charge in [0, 0.05) is 18.5 Å². The van der Waals surface area contributed by atoms with Gasteiger partial charge in [0.1, 0.15) is 0 Å². The first kappa shape index (κ1) is 10.4. The highest BCUT2D eigenvalue weighted by Gasteiger charge is 2.13. The third kappa shape index (κ3) is 2.15. The van der Waals surface area contributed by atoms with Crippen molar-refractivity contribution in [2.45, 2.75) is 26.8 Å². The van der Waals surface area contributed by atoms with E-state index in [9.17, 15) is 8.78 Å². The normalized spacial score (nSPS) is 12.8. The topological polar surface area (TPSA) is 17.3 Å². The summed E-state index contributed by atoms with van der Waals surface area (Å²) in [6.07, 6.45) is -2.41. The molecule has 0 aliphatic heterocycles. The molecule has 0 atom stereocenters. The van der Waals surface area contributed by atoms with Gasteiger partial charge in [0.25, 0.3) is 6.43 Å². The van der Waals surface area contributed by atoms with Crippen molar-refractivity contribution in [3.8, 4) is 0 Å². The molecule has 0 unspecified atom stereocenters. The maximum Gasteiger partial charge on any atom is 0.279 e. The Hall–Kier alpha value is -0.710. The Kier molecular flexibility index (Phi) is 3.59. The minimum absolute atomic E-state index is 0.0692. The van der Waals surface area contributed by atoms with Gasteiger partial charge in [-0.1, -0.05) is 0 Å². The third-order valence-electron chi connectivity index (χ3n) is 1.66. The van der Waals surface area contributed by atoms with Crippen LogP contribution >= 0.6 is 11.3 Å². The van der Waals surface area contributed by atoms with Crippen LogP contribution in [0.2, 0.25) is 0 Å². The van der Waals surface area contributed by atoms with Crippen LogP contribution in [0.4, 0.5) is 8.78 Å². The second kappa shape index (κ2) is 4.50. The van der Waals surface area contributed by atoms with Gasteiger partial charge in [-0.15, -0.1) is 11.3 Å². The lowest BCUT2D eigenvalue weighted by molar-refractivity contribution is 0.140. The molecule has 0 aromatic carbocycles. The molecule has 5 heteroatoms. The molecular formula is C8H12F2N2S. The highest BCUT2D eigenvalue weighted by atomic mass is 32.1. The maximum atomic E-state index is 12.4. The summed E-state index contributed by atoms with van der Waals surface area (Å²) in [6.45, 7) is 4.90. The van der Waals surface area contributed by atoms with Crippen LogP contribution in [0.25, 0.3) is 0 Å². The van der Waals surface area contributed by atoms with Crippen molar-refractivity contribution in [1.82, 2.24) is 4.57 Å². The van der Waals surface area contributed by atoms with Gasteiger partial charge >= 0.3 is 0 Å². The van der Waals surface area contributed by atoms with Crippen LogP contribution in [-0.2, 0) is 6.54 Å². The second-order valence-electron chi connectivity index (χ2n) is 2.46. The summed E-state index contributed by atoms with van der Waals surface area (Å²) in [4.78, 5) is 4.81. The fraction of sp³-hybridized carbons (Fsp3) is 0.625. The van der Waals surface area contributed by atoms with Gasteiger partial charge in [-0.2, -0.15) is 0 Å². The van der Waals surface area contributed by atoms with E-state index in [0.717, 1.165) is 0 Å². The Bertz CT molecular complexity index is 327. The van der Waals surface area contributed by atoms with E-state index in [1.54, 1.807) is 4.57 Å². The van der Waals surface area contributed by atoms with Gasteiger partial charge < -0.3 is 4.57 Å². The number of alkyl halides is 2. The Balaban J connectivity index is 3.18. The monoisotopic (exact) mass is 206 g/mol. The number of halogens is 2. The highest BCUT2D eigenvalue weighted by Crippen LogP contribution is 2.18. The lowest BCUT2D eigenvalue weighted by atomic mass is 10.5. The van der Waals surface area contributed by atoms with E-state index < -0.39 is 6.43 Å². The number of hydrogen-bond acceptors (Lipinski definition) is 2. The number of nitrogens with zero attached hydrogens (tertiary/aromatic N) is 2. The molecule has 0 N–H and O–H groups in total. The van der Waals surface area contributed by atoms with Crippen molar-refractivity contribution in [2.75, 3.05) is 6.54 Å². The molecule has 0 radical (unpaired) electrons. The van der Waals surface area contributed by atoms with Crippen molar-refractivity contribution >= 4 is 11.3 Å². The zero-order valence-corrected chi connectivity index (χ0v) is 8.44. The second-order valence-corrected chi connectivity index (χ2v) is 3.30. The minimum Gasteiger partial charge on any atom is -0.316 e.